The number of nitrogens with one attached hydrogen (secondary N) is 1. The van der Waals surface area contributed by atoms with Gasteiger partial charge in [-0.2, -0.15) is 0 Å². The number of carbonyl (C=O) groups excluding carboxylic acids is 2. The number of aryl methyl sites for hydroxylation is 2. The molecule has 0 aliphatic rings. The molecule has 0 saturated heterocycles. The summed E-state index contributed by atoms with van der Waals surface area (Å²) in [6, 6.07) is 7.96. The van der Waals surface area contributed by atoms with Crippen LogP contribution in [0, 0.1) is 20.8 Å². The lowest BCUT2D eigenvalue weighted by atomic mass is 10.1. The molecule has 158 valence electrons. The van der Waals surface area contributed by atoms with Crippen LogP contribution in [-0.4, -0.2) is 39.0 Å². The largest absolute Gasteiger partial charge is 0.462 e. The zero-order valence-corrected chi connectivity index (χ0v) is 19.2. The highest BCUT2D eigenvalue weighted by molar-refractivity contribution is 7.99. The quantitative estimate of drug-likeness (QED) is 0.430. The third-order valence-corrected chi connectivity index (χ3v) is 6.81. The molecule has 1 N–H and O–H groups in total. The van der Waals surface area contributed by atoms with Crippen LogP contribution in [-0.2, 0) is 16.6 Å². The van der Waals surface area contributed by atoms with Gasteiger partial charge in [-0.15, -0.1) is 21.5 Å². The van der Waals surface area contributed by atoms with Crippen molar-refractivity contribution in [1.29, 1.82) is 0 Å². The van der Waals surface area contributed by atoms with Crippen LogP contribution < -0.4 is 5.32 Å². The standard InChI is InChI=1S/C21H24N4O3S2/c1-6-28-20(27)17-13(3)14(4)30-19(17)22-16(26)11-29-21-24-23-18(25(21)5)15-10-8-7-9-12(15)2/h7-10H,6,11H2,1-5H3,(H,22,26). The van der Waals surface area contributed by atoms with Gasteiger partial charge in [0, 0.05) is 17.5 Å². The molecule has 0 fully saturated rings. The molecule has 1 aromatic carbocycles. The highest BCUT2D eigenvalue weighted by Gasteiger charge is 2.22. The predicted octanol–water partition coefficient (Wildman–Crippen LogP) is 4.38. The summed E-state index contributed by atoms with van der Waals surface area (Å²) < 4.78 is 7.01. The van der Waals surface area contributed by atoms with E-state index in [2.05, 4.69) is 15.5 Å². The van der Waals surface area contributed by atoms with Gasteiger partial charge in [-0.05, 0) is 38.8 Å². The molecular weight excluding hydrogens is 420 g/mol. The Morgan fingerprint density at radius 1 is 1.20 bits per heavy atom. The Balaban J connectivity index is 1.70. The molecule has 0 radical (unpaired) electrons. The van der Waals surface area contributed by atoms with Crippen LogP contribution in [0.1, 0.15) is 33.3 Å². The molecule has 9 heteroatoms. The van der Waals surface area contributed by atoms with E-state index in [0.29, 0.717) is 15.7 Å². The molecule has 0 bridgehead atoms. The number of ether oxygens (including phenoxy) is 1. The highest BCUT2D eigenvalue weighted by Crippen LogP contribution is 2.33. The lowest BCUT2D eigenvalue weighted by Crippen LogP contribution is -2.16. The summed E-state index contributed by atoms with van der Waals surface area (Å²) in [5.74, 6) is 0.272. The van der Waals surface area contributed by atoms with Crippen molar-refractivity contribution in [3.8, 4) is 11.4 Å². The van der Waals surface area contributed by atoms with Gasteiger partial charge < -0.3 is 14.6 Å². The maximum atomic E-state index is 12.5. The maximum Gasteiger partial charge on any atom is 0.341 e. The van der Waals surface area contributed by atoms with Crippen molar-refractivity contribution in [2.45, 2.75) is 32.9 Å². The highest BCUT2D eigenvalue weighted by atomic mass is 32.2. The molecule has 0 unspecified atom stereocenters. The Morgan fingerprint density at radius 2 is 1.93 bits per heavy atom. The first kappa shape index (κ1) is 22.0. The van der Waals surface area contributed by atoms with Gasteiger partial charge in [0.05, 0.1) is 17.9 Å². The summed E-state index contributed by atoms with van der Waals surface area (Å²) in [5, 5.41) is 12.5. The Kier molecular flexibility index (Phi) is 6.94. The van der Waals surface area contributed by atoms with Crippen molar-refractivity contribution in [3.63, 3.8) is 0 Å². The third-order valence-electron chi connectivity index (χ3n) is 4.67. The van der Waals surface area contributed by atoms with Crippen LogP contribution in [0.2, 0.25) is 0 Å². The molecule has 0 aliphatic carbocycles. The molecule has 2 heterocycles. The van der Waals surface area contributed by atoms with Crippen LogP contribution >= 0.6 is 23.1 Å². The second-order valence-corrected chi connectivity index (χ2v) is 8.89. The summed E-state index contributed by atoms with van der Waals surface area (Å²) in [6.07, 6.45) is 0. The molecule has 30 heavy (non-hydrogen) atoms. The van der Waals surface area contributed by atoms with Crippen molar-refractivity contribution >= 4 is 40.0 Å². The number of anilines is 1. The molecule has 0 aliphatic heterocycles. The average Bonchev–Trinajstić information content (AvgIpc) is 3.20. The van der Waals surface area contributed by atoms with Gasteiger partial charge in [-0.25, -0.2) is 4.79 Å². The molecular formula is C21H24N4O3S2. The Bertz CT molecular complexity index is 1090. The maximum absolute atomic E-state index is 12.5. The van der Waals surface area contributed by atoms with E-state index in [1.807, 2.05) is 56.7 Å². The normalized spacial score (nSPS) is 10.8. The number of amides is 1. The molecule has 2 aromatic heterocycles. The van der Waals surface area contributed by atoms with E-state index < -0.39 is 5.97 Å². The number of aromatic nitrogens is 3. The predicted molar refractivity (Wildman–Crippen MR) is 120 cm³/mol. The van der Waals surface area contributed by atoms with Crippen LogP contribution in [0.3, 0.4) is 0 Å². The van der Waals surface area contributed by atoms with Gasteiger partial charge in [-0.1, -0.05) is 36.0 Å². The third kappa shape index (κ3) is 4.57. The molecule has 0 atom stereocenters. The number of hydrogen-bond donors (Lipinski definition) is 1. The molecule has 3 rings (SSSR count). The number of rotatable bonds is 7. The fraction of sp³-hybridized carbons (Fsp3) is 0.333. The van der Waals surface area contributed by atoms with Crippen molar-refractivity contribution < 1.29 is 14.3 Å². The number of nitrogens with zero attached hydrogens (tertiary/aromatic N) is 3. The molecule has 1 amide bonds. The molecule has 0 spiro atoms. The number of thioether (sulfide) groups is 1. The van der Waals surface area contributed by atoms with Gasteiger partial charge in [0.1, 0.15) is 5.00 Å². The SMILES string of the molecule is CCOC(=O)c1c(NC(=O)CSc2nnc(-c3ccccc3C)n2C)sc(C)c1C. The number of benzene rings is 1. The van der Waals surface area contributed by atoms with Crippen molar-refractivity contribution in [2.75, 3.05) is 17.7 Å². The minimum Gasteiger partial charge on any atom is -0.462 e. The Labute approximate surface area is 183 Å². The monoisotopic (exact) mass is 444 g/mol. The fourth-order valence-corrected chi connectivity index (χ4v) is 4.73. The topological polar surface area (TPSA) is 86.1 Å². The van der Waals surface area contributed by atoms with E-state index in [0.717, 1.165) is 27.4 Å². The van der Waals surface area contributed by atoms with Crippen LogP contribution in [0.5, 0.6) is 0 Å². The van der Waals surface area contributed by atoms with Crippen molar-refractivity contribution in [1.82, 2.24) is 14.8 Å². The van der Waals surface area contributed by atoms with Crippen LogP contribution in [0.15, 0.2) is 29.4 Å². The second-order valence-electron chi connectivity index (χ2n) is 6.72. The van der Waals surface area contributed by atoms with Gasteiger partial charge in [0.15, 0.2) is 11.0 Å². The van der Waals surface area contributed by atoms with Gasteiger partial charge in [0.2, 0.25) is 5.91 Å². The van der Waals surface area contributed by atoms with E-state index >= 15 is 0 Å². The number of esters is 1. The van der Waals surface area contributed by atoms with Crippen molar-refractivity contribution in [2.24, 2.45) is 7.05 Å². The summed E-state index contributed by atoms with van der Waals surface area (Å²) >= 11 is 2.67. The zero-order valence-electron chi connectivity index (χ0n) is 17.6. The summed E-state index contributed by atoms with van der Waals surface area (Å²) in [4.78, 5) is 25.8. The summed E-state index contributed by atoms with van der Waals surface area (Å²) in [7, 11) is 1.88. The molecule has 3 aromatic rings. The van der Waals surface area contributed by atoms with Gasteiger partial charge in [-0.3, -0.25) is 4.79 Å². The van der Waals surface area contributed by atoms with Crippen LogP contribution in [0.25, 0.3) is 11.4 Å². The first-order valence-corrected chi connectivity index (χ1v) is 11.3. The second kappa shape index (κ2) is 9.44. The van der Waals surface area contributed by atoms with E-state index in [9.17, 15) is 9.59 Å². The van der Waals surface area contributed by atoms with Gasteiger partial charge in [0.25, 0.3) is 0 Å². The lowest BCUT2D eigenvalue weighted by molar-refractivity contribution is -0.113. The van der Waals surface area contributed by atoms with Crippen molar-refractivity contribution in [3.05, 3.63) is 45.8 Å². The minimum atomic E-state index is -0.418. The fourth-order valence-electron chi connectivity index (χ4n) is 2.96. The molecule has 7 nitrogen and oxygen atoms in total. The Morgan fingerprint density at radius 3 is 2.63 bits per heavy atom. The Hall–Kier alpha value is -2.65. The van der Waals surface area contributed by atoms with Crippen LogP contribution in [0.4, 0.5) is 5.00 Å². The zero-order chi connectivity index (χ0) is 21.8. The number of hydrogen-bond acceptors (Lipinski definition) is 7. The van der Waals surface area contributed by atoms with Gasteiger partial charge >= 0.3 is 5.97 Å². The first-order chi connectivity index (χ1) is 14.3. The summed E-state index contributed by atoms with van der Waals surface area (Å²) in [6.45, 7) is 7.84. The summed E-state index contributed by atoms with van der Waals surface area (Å²) in [5.41, 5.74) is 3.38. The smallest absolute Gasteiger partial charge is 0.341 e. The molecule has 0 saturated carbocycles. The lowest BCUT2D eigenvalue weighted by Gasteiger charge is -2.08. The number of thiophene rings is 1. The first-order valence-electron chi connectivity index (χ1n) is 9.48. The van der Waals surface area contributed by atoms with E-state index in [1.54, 1.807) is 6.92 Å². The number of carbonyl (C=O) groups is 2. The van der Waals surface area contributed by atoms with E-state index in [1.165, 1.54) is 23.1 Å². The van der Waals surface area contributed by atoms with E-state index in [-0.39, 0.29) is 18.3 Å². The van der Waals surface area contributed by atoms with E-state index in [4.69, 9.17) is 4.74 Å². The minimum absolute atomic E-state index is 0.151. The average molecular weight is 445 g/mol.